The van der Waals surface area contributed by atoms with Crippen LogP contribution in [0.2, 0.25) is 5.02 Å². The first kappa shape index (κ1) is 18.6. The van der Waals surface area contributed by atoms with Crippen molar-refractivity contribution in [2.45, 2.75) is 19.9 Å². The molecule has 0 saturated carbocycles. The first-order chi connectivity index (χ1) is 14.5. The van der Waals surface area contributed by atoms with Crippen LogP contribution in [0.3, 0.4) is 0 Å². The van der Waals surface area contributed by atoms with Crippen LogP contribution in [0.5, 0.6) is 0 Å². The average Bonchev–Trinajstić information content (AvgIpc) is 3.04. The van der Waals surface area contributed by atoms with E-state index in [1.807, 2.05) is 44.2 Å². The largest absolute Gasteiger partial charge is 0.450 e. The van der Waals surface area contributed by atoms with E-state index in [1.54, 1.807) is 41.3 Å². The topological polar surface area (TPSA) is 50.5 Å². The number of hydrogen-bond acceptors (Lipinski definition) is 3. The zero-order chi connectivity index (χ0) is 21.0. The van der Waals surface area contributed by atoms with Crippen LogP contribution in [0.4, 0.5) is 5.69 Å². The molecule has 2 heterocycles. The van der Waals surface area contributed by atoms with Crippen molar-refractivity contribution < 1.29 is 9.21 Å². The lowest BCUT2D eigenvalue weighted by Crippen LogP contribution is -2.29. The number of benzene rings is 3. The van der Waals surface area contributed by atoms with E-state index in [2.05, 4.69) is 0 Å². The number of nitrogens with zero attached hydrogens (tertiary/aromatic N) is 1. The fourth-order valence-corrected chi connectivity index (χ4v) is 4.15. The van der Waals surface area contributed by atoms with E-state index in [9.17, 15) is 9.59 Å². The van der Waals surface area contributed by atoms with Crippen molar-refractivity contribution in [2.75, 3.05) is 4.90 Å². The first-order valence-electron chi connectivity index (χ1n) is 9.67. The average molecular weight is 416 g/mol. The molecule has 3 aromatic carbocycles. The quantitative estimate of drug-likeness (QED) is 0.415. The minimum Gasteiger partial charge on any atom is -0.450 e. The zero-order valence-corrected chi connectivity index (χ0v) is 17.2. The summed E-state index contributed by atoms with van der Waals surface area (Å²) in [4.78, 5) is 28.6. The molecule has 5 rings (SSSR count). The fraction of sp³-hybridized carbons (Fsp3) is 0.120. The molecule has 0 bridgehead atoms. The Morgan fingerprint density at radius 2 is 1.63 bits per heavy atom. The molecule has 0 N–H and O–H groups in total. The summed E-state index contributed by atoms with van der Waals surface area (Å²) in [6, 6.07) is 19.5. The molecule has 1 atom stereocenters. The van der Waals surface area contributed by atoms with E-state index in [1.165, 1.54) is 0 Å². The molecule has 0 aliphatic carbocycles. The summed E-state index contributed by atoms with van der Waals surface area (Å²) in [6.45, 7) is 4.02. The molecule has 4 aromatic rings. The lowest BCUT2D eigenvalue weighted by Gasteiger charge is -2.26. The highest BCUT2D eigenvalue weighted by atomic mass is 35.5. The second-order valence-electron chi connectivity index (χ2n) is 7.57. The van der Waals surface area contributed by atoms with E-state index in [0.717, 1.165) is 22.4 Å². The standard InChI is InChI=1S/C25H18ClNO3/c1-14-7-12-18(13-15(14)2)27-22(16-8-10-17(26)11-9-16)21-23(28)19-5-3-4-6-20(19)30-24(21)25(27)29/h3-13,22H,1-2H3. The molecule has 5 heteroatoms. The van der Waals surface area contributed by atoms with Gasteiger partial charge in [-0.15, -0.1) is 0 Å². The molecular weight excluding hydrogens is 398 g/mol. The Morgan fingerprint density at radius 3 is 2.37 bits per heavy atom. The zero-order valence-electron chi connectivity index (χ0n) is 16.5. The van der Waals surface area contributed by atoms with Crippen LogP contribution >= 0.6 is 11.6 Å². The maximum atomic E-state index is 13.5. The van der Waals surface area contributed by atoms with Crippen molar-refractivity contribution in [2.24, 2.45) is 0 Å². The number of aryl methyl sites for hydroxylation is 2. The number of halogens is 1. The summed E-state index contributed by atoms with van der Waals surface area (Å²) in [5.74, 6) is -0.229. The molecular formula is C25H18ClNO3. The summed E-state index contributed by atoms with van der Waals surface area (Å²) in [5, 5.41) is 1.05. The van der Waals surface area contributed by atoms with Crippen molar-refractivity contribution >= 4 is 34.2 Å². The number of carbonyl (C=O) groups excluding carboxylic acids is 1. The Bertz CT molecular complexity index is 1370. The first-order valence-corrected chi connectivity index (χ1v) is 10.1. The van der Waals surface area contributed by atoms with Gasteiger partial charge < -0.3 is 4.42 Å². The van der Waals surface area contributed by atoms with E-state index in [4.69, 9.17) is 16.0 Å². The molecule has 1 unspecified atom stereocenters. The normalized spacial score (nSPS) is 15.6. The molecule has 1 amide bonds. The lowest BCUT2D eigenvalue weighted by molar-refractivity contribution is 0.0971. The van der Waals surface area contributed by atoms with Crippen LogP contribution in [0.1, 0.15) is 38.9 Å². The van der Waals surface area contributed by atoms with E-state index >= 15 is 0 Å². The van der Waals surface area contributed by atoms with Crippen LogP contribution in [0, 0.1) is 13.8 Å². The lowest BCUT2D eigenvalue weighted by atomic mass is 9.98. The van der Waals surface area contributed by atoms with E-state index in [0.29, 0.717) is 21.6 Å². The van der Waals surface area contributed by atoms with Gasteiger partial charge in [0, 0.05) is 10.7 Å². The molecule has 148 valence electrons. The number of amides is 1. The summed E-state index contributed by atoms with van der Waals surface area (Å²) in [5.41, 5.74) is 4.30. The van der Waals surface area contributed by atoms with Gasteiger partial charge in [-0.3, -0.25) is 14.5 Å². The maximum Gasteiger partial charge on any atom is 0.295 e. The van der Waals surface area contributed by atoms with Crippen LogP contribution in [0.15, 0.2) is 75.9 Å². The summed E-state index contributed by atoms with van der Waals surface area (Å²) < 4.78 is 5.96. The summed E-state index contributed by atoms with van der Waals surface area (Å²) in [6.07, 6.45) is 0. The monoisotopic (exact) mass is 415 g/mol. The Hall–Kier alpha value is -3.37. The summed E-state index contributed by atoms with van der Waals surface area (Å²) >= 11 is 6.09. The van der Waals surface area contributed by atoms with Crippen LogP contribution in [-0.2, 0) is 0 Å². The molecule has 0 fully saturated rings. The van der Waals surface area contributed by atoms with Gasteiger partial charge in [0.25, 0.3) is 5.91 Å². The third-order valence-electron chi connectivity index (χ3n) is 5.73. The Balaban J connectivity index is 1.81. The Labute approximate surface area is 178 Å². The fourth-order valence-electron chi connectivity index (χ4n) is 4.02. The van der Waals surface area contributed by atoms with Gasteiger partial charge in [-0.25, -0.2) is 0 Å². The third-order valence-corrected chi connectivity index (χ3v) is 5.98. The van der Waals surface area contributed by atoms with Crippen molar-refractivity contribution in [3.05, 3.63) is 110 Å². The maximum absolute atomic E-state index is 13.5. The van der Waals surface area contributed by atoms with Gasteiger partial charge in [0.2, 0.25) is 5.76 Å². The van der Waals surface area contributed by atoms with Crippen molar-refractivity contribution in [3.63, 3.8) is 0 Å². The predicted octanol–water partition coefficient (Wildman–Crippen LogP) is 5.81. The number of rotatable bonds is 2. The number of carbonyl (C=O) groups is 1. The van der Waals surface area contributed by atoms with Crippen molar-refractivity contribution in [1.82, 2.24) is 0 Å². The van der Waals surface area contributed by atoms with Crippen LogP contribution in [-0.4, -0.2) is 5.91 Å². The third kappa shape index (κ3) is 2.76. The minimum atomic E-state index is -0.590. The van der Waals surface area contributed by atoms with Crippen molar-refractivity contribution in [1.29, 1.82) is 0 Å². The molecule has 30 heavy (non-hydrogen) atoms. The number of anilines is 1. The van der Waals surface area contributed by atoms with Gasteiger partial charge in [0.15, 0.2) is 5.43 Å². The SMILES string of the molecule is Cc1ccc(N2C(=O)c3oc4ccccc4c(=O)c3C2c2ccc(Cl)cc2)cc1C. The molecule has 0 radical (unpaired) electrons. The highest BCUT2D eigenvalue weighted by molar-refractivity contribution is 6.30. The highest BCUT2D eigenvalue weighted by Crippen LogP contribution is 2.41. The van der Waals surface area contributed by atoms with Gasteiger partial charge in [-0.05, 0) is 66.9 Å². The Morgan fingerprint density at radius 1 is 0.900 bits per heavy atom. The van der Waals surface area contributed by atoms with Gasteiger partial charge in [0.1, 0.15) is 5.58 Å². The predicted molar refractivity (Wildman–Crippen MR) is 119 cm³/mol. The van der Waals surface area contributed by atoms with Crippen molar-refractivity contribution in [3.8, 4) is 0 Å². The van der Waals surface area contributed by atoms with E-state index < -0.39 is 6.04 Å². The second-order valence-corrected chi connectivity index (χ2v) is 8.00. The second kappa shape index (κ2) is 6.85. The number of para-hydroxylation sites is 1. The van der Waals surface area contributed by atoms with Crippen LogP contribution < -0.4 is 10.3 Å². The van der Waals surface area contributed by atoms with E-state index in [-0.39, 0.29) is 17.1 Å². The number of fused-ring (bicyclic) bond motifs is 2. The summed E-state index contributed by atoms with van der Waals surface area (Å²) in [7, 11) is 0. The molecule has 1 aliphatic heterocycles. The van der Waals surface area contributed by atoms with Gasteiger partial charge >= 0.3 is 0 Å². The molecule has 0 saturated heterocycles. The molecule has 0 spiro atoms. The highest BCUT2D eigenvalue weighted by Gasteiger charge is 2.43. The number of hydrogen-bond donors (Lipinski definition) is 0. The van der Waals surface area contributed by atoms with Gasteiger partial charge in [-0.2, -0.15) is 0 Å². The van der Waals surface area contributed by atoms with Gasteiger partial charge in [-0.1, -0.05) is 41.9 Å². The molecule has 1 aliphatic rings. The minimum absolute atomic E-state index is 0.0943. The smallest absolute Gasteiger partial charge is 0.295 e. The molecule has 4 nitrogen and oxygen atoms in total. The Kier molecular flexibility index (Phi) is 4.26. The van der Waals surface area contributed by atoms with Gasteiger partial charge in [0.05, 0.1) is 17.0 Å². The molecule has 1 aromatic heterocycles. The van der Waals surface area contributed by atoms with Crippen LogP contribution in [0.25, 0.3) is 11.0 Å².